The molecule has 0 radical (unpaired) electrons. The highest BCUT2D eigenvalue weighted by atomic mass is 16.4. The Morgan fingerprint density at radius 3 is 2.85 bits per heavy atom. The minimum absolute atomic E-state index is 0.119. The third kappa shape index (κ3) is 2.22. The number of aromatic carboxylic acids is 1. The lowest BCUT2D eigenvalue weighted by Gasteiger charge is -2.08. The molecule has 0 unspecified atom stereocenters. The van der Waals surface area contributed by atoms with E-state index in [2.05, 4.69) is 30.2 Å². The summed E-state index contributed by atoms with van der Waals surface area (Å²) < 4.78 is 1.81. The number of benzene rings is 1. The van der Waals surface area contributed by atoms with Crippen LogP contribution in [0.25, 0.3) is 11.3 Å². The van der Waals surface area contributed by atoms with Gasteiger partial charge in [0.1, 0.15) is 0 Å². The van der Waals surface area contributed by atoms with Gasteiger partial charge in [-0.1, -0.05) is 19.1 Å². The summed E-state index contributed by atoms with van der Waals surface area (Å²) in [4.78, 5) is 11.1. The zero-order valence-electron chi connectivity index (χ0n) is 11.6. The first-order valence-corrected chi connectivity index (χ1v) is 7.12. The predicted molar refractivity (Wildman–Crippen MR) is 76.9 cm³/mol. The molecule has 0 atom stereocenters. The molecule has 104 valence electrons. The van der Waals surface area contributed by atoms with Crippen LogP contribution in [-0.4, -0.2) is 20.9 Å². The molecule has 3 rings (SSSR count). The number of fused-ring (bicyclic) bond motifs is 1. The van der Waals surface area contributed by atoms with Gasteiger partial charge in [-0.2, -0.15) is 5.10 Å². The van der Waals surface area contributed by atoms with E-state index < -0.39 is 5.97 Å². The van der Waals surface area contributed by atoms with Gasteiger partial charge >= 0.3 is 5.97 Å². The second-order valence-electron chi connectivity index (χ2n) is 5.28. The Kier molecular flexibility index (Phi) is 3.30. The van der Waals surface area contributed by atoms with E-state index in [1.807, 2.05) is 0 Å². The normalized spacial score (nSPS) is 13.4. The van der Waals surface area contributed by atoms with Crippen LogP contribution in [0.5, 0.6) is 0 Å². The summed E-state index contributed by atoms with van der Waals surface area (Å²) in [7, 11) is 0. The summed E-state index contributed by atoms with van der Waals surface area (Å²) in [6, 6.07) is 8.12. The standard InChI is InChI=1S/C16H18N2O2/c1-2-8-18-15(10-14(17-18)16(19)20)13-7-6-11-4-3-5-12(11)9-13/h6-7,9-10H,2-5,8H2,1H3,(H,19,20). The van der Waals surface area contributed by atoms with Crippen molar-refractivity contribution in [3.8, 4) is 11.3 Å². The Balaban J connectivity index is 2.06. The molecule has 0 aliphatic heterocycles. The van der Waals surface area contributed by atoms with Crippen molar-refractivity contribution in [2.24, 2.45) is 0 Å². The SMILES string of the molecule is CCCn1nc(C(=O)O)cc1-c1ccc2c(c1)CCC2. The molecule has 0 spiro atoms. The Labute approximate surface area is 118 Å². The van der Waals surface area contributed by atoms with E-state index in [9.17, 15) is 4.79 Å². The molecule has 2 aromatic rings. The number of carbonyl (C=O) groups is 1. The zero-order chi connectivity index (χ0) is 14.1. The summed E-state index contributed by atoms with van der Waals surface area (Å²) in [5, 5.41) is 13.3. The minimum Gasteiger partial charge on any atom is -0.476 e. The second-order valence-corrected chi connectivity index (χ2v) is 5.28. The monoisotopic (exact) mass is 270 g/mol. The fourth-order valence-corrected chi connectivity index (χ4v) is 2.87. The smallest absolute Gasteiger partial charge is 0.356 e. The van der Waals surface area contributed by atoms with Crippen LogP contribution in [0.4, 0.5) is 0 Å². The van der Waals surface area contributed by atoms with E-state index >= 15 is 0 Å². The average Bonchev–Trinajstić information content (AvgIpc) is 3.04. The molecule has 0 amide bonds. The number of carboxylic acids is 1. The van der Waals surface area contributed by atoms with Crippen LogP contribution >= 0.6 is 0 Å². The summed E-state index contributed by atoms with van der Waals surface area (Å²) in [5.74, 6) is -0.970. The highest BCUT2D eigenvalue weighted by Gasteiger charge is 2.16. The summed E-state index contributed by atoms with van der Waals surface area (Å²) in [5.41, 5.74) is 4.91. The third-order valence-electron chi connectivity index (χ3n) is 3.83. The summed E-state index contributed by atoms with van der Waals surface area (Å²) >= 11 is 0. The van der Waals surface area contributed by atoms with Gasteiger partial charge in [0.2, 0.25) is 0 Å². The van der Waals surface area contributed by atoms with Gasteiger partial charge in [0.15, 0.2) is 5.69 Å². The maximum absolute atomic E-state index is 11.1. The van der Waals surface area contributed by atoms with Crippen LogP contribution in [0.1, 0.15) is 41.4 Å². The van der Waals surface area contributed by atoms with Crippen molar-refractivity contribution in [2.75, 3.05) is 0 Å². The van der Waals surface area contributed by atoms with E-state index in [1.165, 1.54) is 17.5 Å². The van der Waals surface area contributed by atoms with Gasteiger partial charge in [-0.25, -0.2) is 4.79 Å². The first-order valence-electron chi connectivity index (χ1n) is 7.12. The Morgan fingerprint density at radius 1 is 1.30 bits per heavy atom. The molecule has 0 fully saturated rings. The molecular weight excluding hydrogens is 252 g/mol. The van der Waals surface area contributed by atoms with Gasteiger partial charge in [-0.05, 0) is 48.9 Å². The molecular formula is C16H18N2O2. The third-order valence-corrected chi connectivity index (χ3v) is 3.83. The van der Waals surface area contributed by atoms with Crippen molar-refractivity contribution in [2.45, 2.75) is 39.2 Å². The van der Waals surface area contributed by atoms with Crippen LogP contribution in [0, 0.1) is 0 Å². The van der Waals surface area contributed by atoms with Gasteiger partial charge in [-0.15, -0.1) is 0 Å². The Morgan fingerprint density at radius 2 is 2.10 bits per heavy atom. The van der Waals surface area contributed by atoms with Gasteiger partial charge < -0.3 is 5.11 Å². The van der Waals surface area contributed by atoms with E-state index in [1.54, 1.807) is 10.7 Å². The van der Waals surface area contributed by atoms with Gasteiger partial charge in [0.25, 0.3) is 0 Å². The van der Waals surface area contributed by atoms with Crippen LogP contribution in [0.15, 0.2) is 24.3 Å². The lowest BCUT2D eigenvalue weighted by atomic mass is 10.0. The van der Waals surface area contributed by atoms with E-state index in [0.717, 1.165) is 37.1 Å². The maximum atomic E-state index is 11.1. The molecule has 4 nitrogen and oxygen atoms in total. The molecule has 1 heterocycles. The van der Waals surface area contributed by atoms with Gasteiger partial charge in [0.05, 0.1) is 5.69 Å². The van der Waals surface area contributed by atoms with Crippen molar-refractivity contribution in [3.05, 3.63) is 41.1 Å². The molecule has 4 heteroatoms. The molecule has 1 aliphatic rings. The number of hydrogen-bond donors (Lipinski definition) is 1. The topological polar surface area (TPSA) is 55.1 Å². The lowest BCUT2D eigenvalue weighted by molar-refractivity contribution is 0.0689. The highest BCUT2D eigenvalue weighted by molar-refractivity contribution is 5.87. The zero-order valence-corrected chi connectivity index (χ0v) is 11.6. The van der Waals surface area contributed by atoms with Gasteiger partial charge in [0, 0.05) is 12.1 Å². The second kappa shape index (κ2) is 5.12. The fourth-order valence-electron chi connectivity index (χ4n) is 2.87. The molecule has 1 aromatic carbocycles. The summed E-state index contributed by atoms with van der Waals surface area (Å²) in [6.45, 7) is 2.80. The lowest BCUT2D eigenvalue weighted by Crippen LogP contribution is -2.04. The minimum atomic E-state index is -0.970. The number of nitrogens with zero attached hydrogens (tertiary/aromatic N) is 2. The van der Waals surface area contributed by atoms with Crippen molar-refractivity contribution in [3.63, 3.8) is 0 Å². The van der Waals surface area contributed by atoms with E-state index in [0.29, 0.717) is 0 Å². The van der Waals surface area contributed by atoms with E-state index in [4.69, 9.17) is 5.11 Å². The van der Waals surface area contributed by atoms with Crippen LogP contribution < -0.4 is 0 Å². The van der Waals surface area contributed by atoms with Crippen molar-refractivity contribution < 1.29 is 9.90 Å². The molecule has 1 N–H and O–H groups in total. The Bertz CT molecular complexity index is 658. The van der Waals surface area contributed by atoms with Crippen LogP contribution in [0.2, 0.25) is 0 Å². The quantitative estimate of drug-likeness (QED) is 0.928. The van der Waals surface area contributed by atoms with E-state index in [-0.39, 0.29) is 5.69 Å². The largest absolute Gasteiger partial charge is 0.476 e. The van der Waals surface area contributed by atoms with Crippen molar-refractivity contribution >= 4 is 5.97 Å². The molecule has 0 bridgehead atoms. The van der Waals surface area contributed by atoms with Crippen LogP contribution in [0.3, 0.4) is 0 Å². The first kappa shape index (κ1) is 12.9. The highest BCUT2D eigenvalue weighted by Crippen LogP contribution is 2.28. The molecule has 0 saturated heterocycles. The number of rotatable bonds is 4. The number of hydrogen-bond acceptors (Lipinski definition) is 2. The predicted octanol–water partition coefficient (Wildman–Crippen LogP) is 3.15. The number of aromatic nitrogens is 2. The molecule has 0 saturated carbocycles. The Hall–Kier alpha value is -2.10. The van der Waals surface area contributed by atoms with Crippen LogP contribution in [-0.2, 0) is 19.4 Å². The van der Waals surface area contributed by atoms with Crippen molar-refractivity contribution in [1.82, 2.24) is 9.78 Å². The first-order chi connectivity index (χ1) is 9.69. The number of aryl methyl sites for hydroxylation is 3. The summed E-state index contributed by atoms with van der Waals surface area (Å²) in [6.07, 6.45) is 4.42. The molecule has 1 aliphatic carbocycles. The molecule has 20 heavy (non-hydrogen) atoms. The number of carboxylic acid groups (broad SMARTS) is 1. The maximum Gasteiger partial charge on any atom is 0.356 e. The average molecular weight is 270 g/mol. The van der Waals surface area contributed by atoms with Crippen molar-refractivity contribution in [1.29, 1.82) is 0 Å². The van der Waals surface area contributed by atoms with Gasteiger partial charge in [-0.3, -0.25) is 4.68 Å². The molecule has 1 aromatic heterocycles. The fraction of sp³-hybridized carbons (Fsp3) is 0.375.